The summed E-state index contributed by atoms with van der Waals surface area (Å²) in [5.74, 6) is 0. The van der Waals surface area contributed by atoms with E-state index >= 15 is 0 Å². The molecule has 12 heavy (non-hydrogen) atoms. The van der Waals surface area contributed by atoms with Gasteiger partial charge < -0.3 is 4.90 Å². The number of nitrogens with zero attached hydrogens (tertiary/aromatic N) is 3. The molecule has 0 aliphatic carbocycles. The van der Waals surface area contributed by atoms with Gasteiger partial charge in [0.05, 0.1) is 12.5 Å². The molecule has 1 heterocycles. The SMILES string of the molecule is CCN1CCN(C)CC1CC#N. The average molecular weight is 167 g/mol. The molecule has 3 nitrogen and oxygen atoms in total. The van der Waals surface area contributed by atoms with Crippen LogP contribution in [0, 0.1) is 11.3 Å². The summed E-state index contributed by atoms with van der Waals surface area (Å²) in [7, 11) is 2.12. The topological polar surface area (TPSA) is 30.3 Å². The first-order valence-electron chi connectivity index (χ1n) is 4.57. The second kappa shape index (κ2) is 4.44. The molecule has 0 radical (unpaired) electrons. The molecule has 0 bridgehead atoms. The van der Waals surface area contributed by atoms with Crippen LogP contribution in [0.2, 0.25) is 0 Å². The van der Waals surface area contributed by atoms with Crippen LogP contribution in [-0.2, 0) is 0 Å². The van der Waals surface area contributed by atoms with Crippen molar-refractivity contribution >= 4 is 0 Å². The molecule has 0 aromatic carbocycles. The largest absolute Gasteiger partial charge is 0.304 e. The van der Waals surface area contributed by atoms with E-state index in [0.717, 1.165) is 26.2 Å². The molecular weight excluding hydrogens is 150 g/mol. The van der Waals surface area contributed by atoms with E-state index in [0.29, 0.717) is 12.5 Å². The number of rotatable bonds is 2. The van der Waals surface area contributed by atoms with Gasteiger partial charge in [0, 0.05) is 25.7 Å². The van der Waals surface area contributed by atoms with Crippen LogP contribution in [0.3, 0.4) is 0 Å². The molecule has 0 aromatic rings. The fourth-order valence-electron chi connectivity index (χ4n) is 1.76. The van der Waals surface area contributed by atoms with Crippen molar-refractivity contribution in [3.63, 3.8) is 0 Å². The number of likely N-dealkylation sites (N-methyl/N-ethyl adjacent to an activating group) is 2. The highest BCUT2D eigenvalue weighted by Gasteiger charge is 2.22. The molecule has 1 saturated heterocycles. The van der Waals surface area contributed by atoms with Gasteiger partial charge in [0.25, 0.3) is 0 Å². The first-order valence-corrected chi connectivity index (χ1v) is 4.57. The van der Waals surface area contributed by atoms with E-state index in [2.05, 4.69) is 29.8 Å². The van der Waals surface area contributed by atoms with Gasteiger partial charge in [0.1, 0.15) is 0 Å². The third kappa shape index (κ3) is 2.20. The van der Waals surface area contributed by atoms with Crippen LogP contribution in [0.25, 0.3) is 0 Å². The van der Waals surface area contributed by atoms with Crippen molar-refractivity contribution in [1.29, 1.82) is 5.26 Å². The first-order chi connectivity index (χ1) is 5.77. The minimum absolute atomic E-state index is 0.457. The Morgan fingerprint density at radius 3 is 2.83 bits per heavy atom. The third-order valence-corrected chi connectivity index (χ3v) is 2.54. The Labute approximate surface area is 74.6 Å². The standard InChI is InChI=1S/C9H17N3/c1-3-12-7-6-11(2)8-9(12)4-5-10/h9H,3-4,6-8H2,1-2H3. The molecule has 1 aliphatic heterocycles. The summed E-state index contributed by atoms with van der Waals surface area (Å²) in [5.41, 5.74) is 0. The van der Waals surface area contributed by atoms with E-state index in [1.807, 2.05) is 0 Å². The fraction of sp³-hybridized carbons (Fsp3) is 0.889. The van der Waals surface area contributed by atoms with E-state index in [-0.39, 0.29) is 0 Å². The Bertz CT molecular complexity index is 173. The monoisotopic (exact) mass is 167 g/mol. The highest BCUT2D eigenvalue weighted by atomic mass is 15.3. The molecule has 0 aromatic heterocycles. The van der Waals surface area contributed by atoms with Crippen LogP contribution in [0.5, 0.6) is 0 Å². The van der Waals surface area contributed by atoms with Crippen LogP contribution >= 0.6 is 0 Å². The van der Waals surface area contributed by atoms with E-state index in [4.69, 9.17) is 5.26 Å². The second-order valence-corrected chi connectivity index (χ2v) is 3.41. The van der Waals surface area contributed by atoms with Crippen molar-refractivity contribution in [2.75, 3.05) is 33.2 Å². The summed E-state index contributed by atoms with van der Waals surface area (Å²) in [6.45, 7) is 6.52. The van der Waals surface area contributed by atoms with Crippen molar-refractivity contribution in [3.05, 3.63) is 0 Å². The van der Waals surface area contributed by atoms with Gasteiger partial charge in [0.2, 0.25) is 0 Å². The smallest absolute Gasteiger partial charge is 0.0638 e. The highest BCUT2D eigenvalue weighted by molar-refractivity contribution is 4.87. The van der Waals surface area contributed by atoms with Crippen LogP contribution in [-0.4, -0.2) is 49.1 Å². The molecule has 0 spiro atoms. The molecule has 1 atom stereocenters. The minimum atomic E-state index is 0.457. The molecule has 1 aliphatic rings. The Balaban J connectivity index is 2.47. The Morgan fingerprint density at radius 1 is 1.50 bits per heavy atom. The molecule has 1 rings (SSSR count). The number of hydrogen-bond donors (Lipinski definition) is 0. The predicted octanol–water partition coefficient (Wildman–Crippen LogP) is 0.536. The first kappa shape index (κ1) is 9.50. The quantitative estimate of drug-likeness (QED) is 0.601. The summed E-state index contributed by atoms with van der Waals surface area (Å²) >= 11 is 0. The molecule has 0 amide bonds. The average Bonchev–Trinajstić information content (AvgIpc) is 2.05. The van der Waals surface area contributed by atoms with E-state index in [1.165, 1.54) is 0 Å². The lowest BCUT2D eigenvalue weighted by Gasteiger charge is -2.38. The molecule has 3 heteroatoms. The maximum Gasteiger partial charge on any atom is 0.0638 e. The zero-order chi connectivity index (χ0) is 8.97. The maximum atomic E-state index is 8.62. The van der Waals surface area contributed by atoms with Gasteiger partial charge in [-0.2, -0.15) is 5.26 Å². The van der Waals surface area contributed by atoms with Gasteiger partial charge in [-0.1, -0.05) is 6.92 Å². The summed E-state index contributed by atoms with van der Waals surface area (Å²) in [4.78, 5) is 4.69. The number of piperazine rings is 1. The minimum Gasteiger partial charge on any atom is -0.304 e. The van der Waals surface area contributed by atoms with Crippen molar-refractivity contribution in [1.82, 2.24) is 9.80 Å². The van der Waals surface area contributed by atoms with Crippen molar-refractivity contribution < 1.29 is 0 Å². The summed E-state index contributed by atoms with van der Waals surface area (Å²) in [6.07, 6.45) is 0.665. The summed E-state index contributed by atoms with van der Waals surface area (Å²) < 4.78 is 0. The van der Waals surface area contributed by atoms with Crippen LogP contribution in [0.1, 0.15) is 13.3 Å². The van der Waals surface area contributed by atoms with Gasteiger partial charge in [-0.15, -0.1) is 0 Å². The Hall–Kier alpha value is -0.590. The van der Waals surface area contributed by atoms with Crippen molar-refractivity contribution in [2.24, 2.45) is 0 Å². The lowest BCUT2D eigenvalue weighted by molar-refractivity contribution is 0.0976. The molecule has 1 fully saturated rings. The van der Waals surface area contributed by atoms with Gasteiger partial charge in [0.15, 0.2) is 0 Å². The molecule has 1 unspecified atom stereocenters. The molecule has 68 valence electrons. The van der Waals surface area contributed by atoms with Crippen LogP contribution in [0.15, 0.2) is 0 Å². The van der Waals surface area contributed by atoms with E-state index in [1.54, 1.807) is 0 Å². The van der Waals surface area contributed by atoms with Gasteiger partial charge in [-0.05, 0) is 13.6 Å². The highest BCUT2D eigenvalue weighted by Crippen LogP contribution is 2.10. The number of nitriles is 1. The van der Waals surface area contributed by atoms with E-state index in [9.17, 15) is 0 Å². The molecule has 0 N–H and O–H groups in total. The maximum absolute atomic E-state index is 8.62. The normalized spacial score (nSPS) is 26.9. The van der Waals surface area contributed by atoms with Crippen LogP contribution < -0.4 is 0 Å². The van der Waals surface area contributed by atoms with Gasteiger partial charge in [-0.25, -0.2) is 0 Å². The van der Waals surface area contributed by atoms with E-state index < -0.39 is 0 Å². The van der Waals surface area contributed by atoms with Crippen LogP contribution in [0.4, 0.5) is 0 Å². The summed E-state index contributed by atoms with van der Waals surface area (Å²) in [5, 5.41) is 8.62. The molecular formula is C9H17N3. The Morgan fingerprint density at radius 2 is 2.25 bits per heavy atom. The molecule has 0 saturated carbocycles. The Kier molecular flexibility index (Phi) is 3.51. The lowest BCUT2D eigenvalue weighted by Crippen LogP contribution is -2.51. The fourth-order valence-corrected chi connectivity index (χ4v) is 1.76. The van der Waals surface area contributed by atoms with Crippen molar-refractivity contribution in [3.8, 4) is 6.07 Å². The van der Waals surface area contributed by atoms with Crippen molar-refractivity contribution in [2.45, 2.75) is 19.4 Å². The summed E-state index contributed by atoms with van der Waals surface area (Å²) in [6, 6.07) is 2.71. The predicted molar refractivity (Wildman–Crippen MR) is 48.8 cm³/mol. The van der Waals surface area contributed by atoms with Gasteiger partial charge in [-0.3, -0.25) is 4.90 Å². The third-order valence-electron chi connectivity index (χ3n) is 2.54. The zero-order valence-corrected chi connectivity index (χ0v) is 7.95. The van der Waals surface area contributed by atoms with Gasteiger partial charge >= 0.3 is 0 Å². The number of hydrogen-bond acceptors (Lipinski definition) is 3. The zero-order valence-electron chi connectivity index (χ0n) is 7.95. The lowest BCUT2D eigenvalue weighted by atomic mass is 10.1. The second-order valence-electron chi connectivity index (χ2n) is 3.41.